The number of nitrogens with one attached hydrogen (secondary N) is 2. The summed E-state index contributed by atoms with van der Waals surface area (Å²) < 4.78 is 82.9. The van der Waals surface area contributed by atoms with Crippen molar-refractivity contribution in [3.63, 3.8) is 0 Å². The van der Waals surface area contributed by atoms with E-state index in [0.717, 1.165) is 0 Å². The van der Waals surface area contributed by atoms with Gasteiger partial charge in [0.15, 0.2) is 0 Å². The molecule has 2 aliphatic heterocycles. The summed E-state index contributed by atoms with van der Waals surface area (Å²) in [4.78, 5) is 20.8. The van der Waals surface area contributed by atoms with Crippen LogP contribution in [0.5, 0.6) is 0 Å². The molecule has 0 radical (unpaired) electrons. The Balaban J connectivity index is 1.95. The maximum atomic E-state index is 13.8. The van der Waals surface area contributed by atoms with Crippen LogP contribution in [0.2, 0.25) is 0 Å². The lowest BCUT2D eigenvalue weighted by Gasteiger charge is -2.33. The van der Waals surface area contributed by atoms with Crippen LogP contribution in [0.15, 0.2) is 95.4 Å². The number of halogens is 7. The van der Waals surface area contributed by atoms with Crippen molar-refractivity contribution in [2.75, 3.05) is 26.7 Å². The molecular formula is C36H46ClF6N9O2. The van der Waals surface area contributed by atoms with Gasteiger partial charge < -0.3 is 35.9 Å². The number of amidine groups is 1. The van der Waals surface area contributed by atoms with Crippen molar-refractivity contribution in [3.8, 4) is 0 Å². The third kappa shape index (κ3) is 11.5. The molecule has 0 aromatic heterocycles. The summed E-state index contributed by atoms with van der Waals surface area (Å²) in [5.74, 6) is 4.84. The molecule has 7 N–H and O–H groups in total. The van der Waals surface area contributed by atoms with Crippen molar-refractivity contribution in [2.45, 2.75) is 63.6 Å². The Labute approximate surface area is 315 Å². The number of carbonyl (C=O) groups is 1. The molecule has 2 fully saturated rings. The minimum atomic E-state index is -5.05. The third-order valence-electron chi connectivity index (χ3n) is 9.17. The van der Waals surface area contributed by atoms with Crippen LogP contribution in [-0.4, -0.2) is 81.6 Å². The van der Waals surface area contributed by atoms with Gasteiger partial charge in [-0.3, -0.25) is 10.2 Å². The van der Waals surface area contributed by atoms with Gasteiger partial charge in [0, 0.05) is 75.2 Å². The highest BCUT2D eigenvalue weighted by Gasteiger charge is 2.39. The van der Waals surface area contributed by atoms with Gasteiger partial charge in [-0.05, 0) is 49.4 Å². The van der Waals surface area contributed by atoms with Crippen molar-refractivity contribution < 1.29 is 36.2 Å². The summed E-state index contributed by atoms with van der Waals surface area (Å²) in [5, 5.41) is 22.4. The predicted octanol–water partition coefficient (Wildman–Crippen LogP) is 6.55. The topological polar surface area (TPSA) is 151 Å². The van der Waals surface area contributed by atoms with E-state index in [1.807, 2.05) is 11.8 Å². The van der Waals surface area contributed by atoms with Gasteiger partial charge in [-0.2, -0.15) is 26.3 Å². The van der Waals surface area contributed by atoms with Crippen LogP contribution in [0.25, 0.3) is 0 Å². The average molecular weight is 786 g/mol. The van der Waals surface area contributed by atoms with E-state index in [2.05, 4.69) is 30.0 Å². The molecule has 3 rings (SSSR count). The molecule has 11 nitrogen and oxygen atoms in total. The first-order valence-electron chi connectivity index (χ1n) is 16.9. The van der Waals surface area contributed by atoms with Crippen molar-refractivity contribution in [3.05, 3.63) is 107 Å². The summed E-state index contributed by atoms with van der Waals surface area (Å²) in [7, 11) is 1.56. The SMILES string of the molecule is C=CC(=C\N(C)N)/C(C=NC(=C)N(Cc1cc(C(F)(F)F)cc(C(F)(F)F)c1)[C@H]1C[C@@H](CC)N(C(=N)C(Cl)=CNC(=C)N2CCC(C(=O)O)CC2)C1)=C/N. The first-order chi connectivity index (χ1) is 25.2. The number of carboxylic acid groups (broad SMARTS) is 1. The lowest BCUT2D eigenvalue weighted by Crippen LogP contribution is -2.39. The molecule has 54 heavy (non-hydrogen) atoms. The molecule has 0 unspecified atom stereocenters. The molecule has 0 bridgehead atoms. The number of likely N-dealkylation sites (tertiary alicyclic amines) is 2. The number of piperidine rings is 1. The molecule has 1 aromatic rings. The summed E-state index contributed by atoms with van der Waals surface area (Å²) in [5.41, 5.74) is 3.44. The molecule has 2 heterocycles. The van der Waals surface area contributed by atoms with Crippen molar-refractivity contribution >= 4 is 29.6 Å². The van der Waals surface area contributed by atoms with E-state index in [4.69, 9.17) is 28.6 Å². The second kappa shape index (κ2) is 18.4. The van der Waals surface area contributed by atoms with Crippen LogP contribution in [0.4, 0.5) is 26.3 Å². The third-order valence-corrected chi connectivity index (χ3v) is 9.46. The molecule has 296 valence electrons. The molecule has 0 amide bonds. The summed E-state index contributed by atoms with van der Waals surface area (Å²) in [6.45, 7) is 14.2. The second-order valence-corrected chi connectivity index (χ2v) is 13.3. The number of nitrogens with zero attached hydrogens (tertiary/aromatic N) is 5. The molecule has 2 atom stereocenters. The summed E-state index contributed by atoms with van der Waals surface area (Å²) >= 11 is 6.58. The monoisotopic (exact) mass is 785 g/mol. The molecule has 0 saturated carbocycles. The minimum Gasteiger partial charge on any atom is -0.481 e. The normalized spacial score (nSPS) is 19.3. The predicted molar refractivity (Wildman–Crippen MR) is 197 cm³/mol. The Morgan fingerprint density at radius 3 is 2.20 bits per heavy atom. The highest BCUT2D eigenvalue weighted by atomic mass is 35.5. The van der Waals surface area contributed by atoms with Crippen molar-refractivity contribution in [2.24, 2.45) is 22.5 Å². The molecule has 2 saturated heterocycles. The Hall–Kier alpha value is -4.90. The van der Waals surface area contributed by atoms with Gasteiger partial charge in [-0.25, -0.2) is 10.8 Å². The second-order valence-electron chi connectivity index (χ2n) is 12.9. The molecule has 0 aliphatic carbocycles. The maximum absolute atomic E-state index is 13.8. The zero-order valence-corrected chi connectivity index (χ0v) is 30.8. The minimum absolute atomic E-state index is 0.00402. The standard InChI is InChI=1S/C36H46ClF6N9O2/c1-6-25(20-49(5)46)27(16-44)17-47-23(4)51(19-24-12-28(35(38,39)40)14-29(13-24)36(41,42)43)31-15-30(7-2)52(21-31)33(45)32(37)18-48-22(3)50-10-8-26(9-11-50)34(53)54/h6,12-14,16-18,20,26,30-31,45,48H,1,3-4,7-11,15,19,21,44,46H2,2,5H3,(H,53,54)/b25-20+,27-16+,32-18?,45-33?,47-17?/t30-,31+/m1/s1. The Morgan fingerprint density at radius 2 is 1.72 bits per heavy atom. The number of nitrogens with two attached hydrogens (primary N) is 2. The van der Waals surface area contributed by atoms with Gasteiger partial charge in [-0.15, -0.1) is 0 Å². The zero-order chi connectivity index (χ0) is 40.5. The number of rotatable bonds is 15. The molecule has 1 aromatic carbocycles. The highest BCUT2D eigenvalue weighted by Crippen LogP contribution is 2.38. The van der Waals surface area contributed by atoms with Crippen LogP contribution < -0.4 is 16.9 Å². The molecule has 18 heteroatoms. The first-order valence-corrected chi connectivity index (χ1v) is 17.2. The van der Waals surface area contributed by atoms with Crippen molar-refractivity contribution in [1.29, 1.82) is 5.41 Å². The van der Waals surface area contributed by atoms with Crippen LogP contribution in [-0.2, 0) is 23.7 Å². The van der Waals surface area contributed by atoms with Gasteiger partial charge in [0.1, 0.15) is 11.7 Å². The van der Waals surface area contributed by atoms with Crippen LogP contribution >= 0.6 is 11.6 Å². The number of allylic oxidation sites excluding steroid dienone is 3. The van der Waals surface area contributed by atoms with Crippen LogP contribution in [0.3, 0.4) is 0 Å². The van der Waals surface area contributed by atoms with E-state index < -0.39 is 48.0 Å². The Morgan fingerprint density at radius 1 is 1.13 bits per heavy atom. The maximum Gasteiger partial charge on any atom is 0.416 e. The largest absolute Gasteiger partial charge is 0.481 e. The number of aliphatic carboxylic acids is 1. The number of carboxylic acids is 1. The van der Waals surface area contributed by atoms with Crippen molar-refractivity contribution in [1.82, 2.24) is 25.0 Å². The first kappa shape index (κ1) is 43.5. The van der Waals surface area contributed by atoms with Gasteiger partial charge in [0.25, 0.3) is 0 Å². The number of hydrogen-bond acceptors (Lipinski definition) is 9. The van der Waals surface area contributed by atoms with E-state index in [9.17, 15) is 36.2 Å². The van der Waals surface area contributed by atoms with E-state index in [-0.39, 0.29) is 40.9 Å². The smallest absolute Gasteiger partial charge is 0.416 e. The van der Waals surface area contributed by atoms with E-state index in [1.54, 1.807) is 11.9 Å². The van der Waals surface area contributed by atoms with Crippen LogP contribution in [0.1, 0.15) is 49.3 Å². The number of alkyl halides is 6. The number of hydrazine groups is 1. The fraction of sp³-hybridized carbons (Fsp3) is 0.417. The Kier molecular flexibility index (Phi) is 14.8. The van der Waals surface area contributed by atoms with Gasteiger partial charge in [0.05, 0.1) is 33.9 Å². The quantitative estimate of drug-likeness (QED) is 0.0333. The molecule has 0 spiro atoms. The number of hydrogen-bond donors (Lipinski definition) is 5. The highest BCUT2D eigenvalue weighted by molar-refractivity contribution is 6.42. The molecule has 2 aliphatic rings. The molecular weight excluding hydrogens is 740 g/mol. The fourth-order valence-electron chi connectivity index (χ4n) is 6.25. The lowest BCUT2D eigenvalue weighted by atomic mass is 9.97. The lowest BCUT2D eigenvalue weighted by molar-refractivity contribution is -0.144. The van der Waals surface area contributed by atoms with Crippen LogP contribution in [0, 0.1) is 11.3 Å². The average Bonchev–Trinajstić information content (AvgIpc) is 3.55. The van der Waals surface area contributed by atoms with Gasteiger partial charge >= 0.3 is 18.3 Å². The van der Waals surface area contributed by atoms with E-state index >= 15 is 0 Å². The van der Waals surface area contributed by atoms with Gasteiger partial charge in [0.2, 0.25) is 0 Å². The zero-order valence-electron chi connectivity index (χ0n) is 30.0. The summed E-state index contributed by atoms with van der Waals surface area (Å²) in [6.07, 6.45) is -1.45. The van der Waals surface area contributed by atoms with E-state index in [1.165, 1.54) is 40.8 Å². The Bertz CT molecular complexity index is 1660. The van der Waals surface area contributed by atoms with Gasteiger partial charge in [-0.1, -0.05) is 44.3 Å². The fourth-order valence-corrected chi connectivity index (χ4v) is 6.42. The summed E-state index contributed by atoms with van der Waals surface area (Å²) in [6, 6.07) is 0.492. The number of benzene rings is 1. The number of aliphatic imine (C=N–C) groups is 1. The van der Waals surface area contributed by atoms with E-state index in [0.29, 0.717) is 67.9 Å².